The molecule has 5 nitrogen and oxygen atoms in total. The lowest BCUT2D eigenvalue weighted by Gasteiger charge is -2.32. The van der Waals surface area contributed by atoms with E-state index in [1.165, 1.54) is 4.90 Å². The standard InChI is InChI=1S/C28H28BrCl3N2O3/c1-2-3-13-33-28(36)25(14-19-7-5-4-6-8-19)34(17-20-9-10-22(31)16-24(20)32)27(35)18-37-26-12-11-21(30)15-23(26)29/h4-12,15-16,25H,2-3,13-14,17-18H2,1H3,(H,33,36)/t25-/m1/s1. The van der Waals surface area contributed by atoms with E-state index in [0.717, 1.165) is 18.4 Å². The number of hydrogen-bond acceptors (Lipinski definition) is 3. The summed E-state index contributed by atoms with van der Waals surface area (Å²) in [5, 5.41) is 4.43. The number of benzene rings is 3. The number of carbonyl (C=O) groups excluding carboxylic acids is 2. The summed E-state index contributed by atoms with van der Waals surface area (Å²) in [6.45, 7) is 2.41. The average molecular weight is 627 g/mol. The molecular weight excluding hydrogens is 599 g/mol. The minimum atomic E-state index is -0.782. The molecular formula is C28H28BrCl3N2O3. The highest BCUT2D eigenvalue weighted by Crippen LogP contribution is 2.28. The molecule has 0 aliphatic rings. The van der Waals surface area contributed by atoms with Gasteiger partial charge in [-0.25, -0.2) is 0 Å². The molecule has 0 unspecified atom stereocenters. The summed E-state index contributed by atoms with van der Waals surface area (Å²) in [6.07, 6.45) is 2.12. The molecule has 0 aliphatic carbocycles. The van der Waals surface area contributed by atoms with Crippen LogP contribution in [0.2, 0.25) is 15.1 Å². The third-order valence-corrected chi connectivity index (χ3v) is 7.14. The highest BCUT2D eigenvalue weighted by atomic mass is 79.9. The largest absolute Gasteiger partial charge is 0.483 e. The molecule has 0 bridgehead atoms. The zero-order valence-electron chi connectivity index (χ0n) is 20.4. The topological polar surface area (TPSA) is 58.6 Å². The lowest BCUT2D eigenvalue weighted by atomic mass is 10.0. The van der Waals surface area contributed by atoms with Gasteiger partial charge in [0.2, 0.25) is 5.91 Å². The Kier molecular flexibility index (Phi) is 11.6. The van der Waals surface area contributed by atoms with E-state index in [9.17, 15) is 9.59 Å². The summed E-state index contributed by atoms with van der Waals surface area (Å²) in [5.41, 5.74) is 1.60. The van der Waals surface area contributed by atoms with Crippen molar-refractivity contribution in [2.75, 3.05) is 13.2 Å². The summed E-state index contributed by atoms with van der Waals surface area (Å²) in [5.74, 6) is -0.128. The predicted octanol–water partition coefficient (Wildman–Crippen LogP) is 7.34. The second kappa shape index (κ2) is 14.6. The van der Waals surface area contributed by atoms with Crippen molar-refractivity contribution in [1.29, 1.82) is 0 Å². The second-order valence-electron chi connectivity index (χ2n) is 8.47. The van der Waals surface area contributed by atoms with Crippen LogP contribution in [0.5, 0.6) is 5.75 Å². The van der Waals surface area contributed by atoms with Crippen LogP contribution in [-0.2, 0) is 22.6 Å². The van der Waals surface area contributed by atoms with E-state index in [1.807, 2.05) is 30.3 Å². The van der Waals surface area contributed by atoms with E-state index >= 15 is 0 Å². The van der Waals surface area contributed by atoms with Gasteiger partial charge in [-0.05, 0) is 63.8 Å². The minimum absolute atomic E-state index is 0.110. The van der Waals surface area contributed by atoms with Gasteiger partial charge in [0.15, 0.2) is 6.61 Å². The monoisotopic (exact) mass is 624 g/mol. The van der Waals surface area contributed by atoms with Crippen LogP contribution in [-0.4, -0.2) is 35.9 Å². The predicted molar refractivity (Wildman–Crippen MR) is 154 cm³/mol. The fourth-order valence-electron chi connectivity index (χ4n) is 3.71. The fourth-order valence-corrected chi connectivity index (χ4v) is 4.97. The molecule has 2 amide bonds. The molecule has 3 aromatic rings. The summed E-state index contributed by atoms with van der Waals surface area (Å²) in [7, 11) is 0. The Bertz CT molecular complexity index is 1210. The molecule has 0 aliphatic heterocycles. The van der Waals surface area contributed by atoms with Crippen LogP contribution in [0.25, 0.3) is 0 Å². The van der Waals surface area contributed by atoms with Crippen LogP contribution < -0.4 is 10.1 Å². The molecule has 3 aromatic carbocycles. The van der Waals surface area contributed by atoms with Gasteiger partial charge in [-0.3, -0.25) is 9.59 Å². The molecule has 3 rings (SSSR count). The van der Waals surface area contributed by atoms with Crippen LogP contribution in [0.1, 0.15) is 30.9 Å². The molecule has 0 aromatic heterocycles. The Morgan fingerprint density at radius 2 is 1.70 bits per heavy atom. The molecule has 0 saturated carbocycles. The van der Waals surface area contributed by atoms with Crippen molar-refractivity contribution in [1.82, 2.24) is 10.2 Å². The maximum Gasteiger partial charge on any atom is 0.261 e. The molecule has 1 atom stereocenters. The van der Waals surface area contributed by atoms with Crippen molar-refractivity contribution in [2.24, 2.45) is 0 Å². The van der Waals surface area contributed by atoms with Crippen LogP contribution >= 0.6 is 50.7 Å². The lowest BCUT2D eigenvalue weighted by molar-refractivity contribution is -0.142. The Hall–Kier alpha value is -2.25. The Morgan fingerprint density at radius 1 is 1.00 bits per heavy atom. The van der Waals surface area contributed by atoms with E-state index < -0.39 is 6.04 Å². The van der Waals surface area contributed by atoms with Gasteiger partial charge in [0.25, 0.3) is 5.91 Å². The Morgan fingerprint density at radius 3 is 2.38 bits per heavy atom. The maximum absolute atomic E-state index is 13.7. The van der Waals surface area contributed by atoms with Gasteiger partial charge in [-0.1, -0.05) is 84.5 Å². The first-order chi connectivity index (χ1) is 17.8. The van der Waals surface area contributed by atoms with Crippen molar-refractivity contribution >= 4 is 62.5 Å². The highest BCUT2D eigenvalue weighted by molar-refractivity contribution is 9.10. The molecule has 0 fully saturated rings. The van der Waals surface area contributed by atoms with Crippen LogP contribution in [0.4, 0.5) is 0 Å². The van der Waals surface area contributed by atoms with Crippen molar-refractivity contribution in [2.45, 2.75) is 38.8 Å². The molecule has 37 heavy (non-hydrogen) atoms. The Balaban J connectivity index is 1.92. The molecule has 1 N–H and O–H groups in total. The number of ether oxygens (including phenoxy) is 1. The number of rotatable bonds is 12. The van der Waals surface area contributed by atoms with Gasteiger partial charge in [-0.2, -0.15) is 0 Å². The molecule has 0 spiro atoms. The first-order valence-corrected chi connectivity index (χ1v) is 13.8. The maximum atomic E-state index is 13.7. The number of nitrogens with one attached hydrogen (secondary N) is 1. The summed E-state index contributed by atoms with van der Waals surface area (Å²) < 4.78 is 6.44. The van der Waals surface area contributed by atoms with E-state index in [-0.39, 0.29) is 25.0 Å². The van der Waals surface area contributed by atoms with E-state index in [2.05, 4.69) is 28.2 Å². The lowest BCUT2D eigenvalue weighted by Crippen LogP contribution is -2.51. The summed E-state index contributed by atoms with van der Waals surface area (Å²) >= 11 is 22.0. The molecule has 0 saturated heterocycles. The van der Waals surface area contributed by atoms with Crippen molar-refractivity contribution in [3.05, 3.63) is 97.4 Å². The molecule has 0 radical (unpaired) electrons. The molecule has 0 heterocycles. The van der Waals surface area contributed by atoms with Gasteiger partial charge in [0.05, 0.1) is 4.47 Å². The van der Waals surface area contributed by atoms with Crippen LogP contribution in [0, 0.1) is 0 Å². The number of hydrogen-bond donors (Lipinski definition) is 1. The average Bonchev–Trinajstić information content (AvgIpc) is 2.87. The van der Waals surface area contributed by atoms with Gasteiger partial charge >= 0.3 is 0 Å². The molecule has 9 heteroatoms. The third-order valence-electron chi connectivity index (χ3n) is 5.70. The van der Waals surface area contributed by atoms with Crippen molar-refractivity contribution in [3.8, 4) is 5.75 Å². The second-order valence-corrected chi connectivity index (χ2v) is 10.6. The zero-order valence-corrected chi connectivity index (χ0v) is 24.2. The first-order valence-electron chi connectivity index (χ1n) is 11.9. The number of unbranched alkanes of at least 4 members (excludes halogenated alkanes) is 1. The molecule has 196 valence electrons. The smallest absolute Gasteiger partial charge is 0.261 e. The van der Waals surface area contributed by atoms with Gasteiger partial charge in [-0.15, -0.1) is 0 Å². The van der Waals surface area contributed by atoms with E-state index in [0.29, 0.717) is 43.8 Å². The third kappa shape index (κ3) is 8.92. The van der Waals surface area contributed by atoms with Gasteiger partial charge in [0, 0.05) is 34.6 Å². The van der Waals surface area contributed by atoms with Crippen LogP contribution in [0.15, 0.2) is 71.2 Å². The summed E-state index contributed by atoms with van der Waals surface area (Å²) in [6, 6.07) is 18.9. The quantitative estimate of drug-likeness (QED) is 0.214. The Labute approximate surface area is 241 Å². The van der Waals surface area contributed by atoms with Gasteiger partial charge in [0.1, 0.15) is 11.8 Å². The normalized spacial score (nSPS) is 11.6. The number of halogens is 4. The minimum Gasteiger partial charge on any atom is -0.483 e. The van der Waals surface area contributed by atoms with Crippen LogP contribution in [0.3, 0.4) is 0 Å². The van der Waals surface area contributed by atoms with Crippen molar-refractivity contribution < 1.29 is 14.3 Å². The van der Waals surface area contributed by atoms with Gasteiger partial charge < -0.3 is 15.0 Å². The number of nitrogens with zero attached hydrogens (tertiary/aromatic N) is 1. The number of carbonyl (C=O) groups is 2. The fraction of sp³-hybridized carbons (Fsp3) is 0.286. The SMILES string of the molecule is CCCCNC(=O)[C@@H](Cc1ccccc1)N(Cc1ccc(Cl)cc1Cl)C(=O)COc1ccc(Cl)cc1Br. The number of amides is 2. The van der Waals surface area contributed by atoms with Crippen molar-refractivity contribution in [3.63, 3.8) is 0 Å². The summed E-state index contributed by atoms with van der Waals surface area (Å²) in [4.78, 5) is 28.6. The zero-order chi connectivity index (χ0) is 26.8. The first kappa shape index (κ1) is 29.3. The highest BCUT2D eigenvalue weighted by Gasteiger charge is 2.31. The van der Waals surface area contributed by atoms with E-state index in [4.69, 9.17) is 39.5 Å². The van der Waals surface area contributed by atoms with E-state index in [1.54, 1.807) is 36.4 Å².